The highest BCUT2D eigenvalue weighted by Gasteiger charge is 2.08. The minimum Gasteiger partial charge on any atom is -0.497 e. The molecule has 0 aromatic heterocycles. The molecule has 2 rings (SSSR count). The van der Waals surface area contributed by atoms with Gasteiger partial charge in [-0.2, -0.15) is 0 Å². The first-order valence-corrected chi connectivity index (χ1v) is 8.52. The van der Waals surface area contributed by atoms with E-state index in [2.05, 4.69) is 17.6 Å². The highest BCUT2D eigenvalue weighted by atomic mass is 32.1. The Bertz CT molecular complexity index is 717. The Morgan fingerprint density at radius 1 is 1.12 bits per heavy atom. The molecular formula is C19H22N2O3S. The van der Waals surface area contributed by atoms with Gasteiger partial charge in [-0.3, -0.25) is 10.1 Å². The van der Waals surface area contributed by atoms with Gasteiger partial charge in [0.15, 0.2) is 5.11 Å². The van der Waals surface area contributed by atoms with Gasteiger partial charge in [-0.05, 0) is 55.0 Å². The molecule has 0 aliphatic heterocycles. The third kappa shape index (κ3) is 6.08. The molecule has 0 aliphatic carbocycles. The van der Waals surface area contributed by atoms with E-state index < -0.39 is 0 Å². The summed E-state index contributed by atoms with van der Waals surface area (Å²) in [6.45, 7) is 2.80. The summed E-state index contributed by atoms with van der Waals surface area (Å²) in [4.78, 5) is 12.2. The van der Waals surface area contributed by atoms with Gasteiger partial charge in [0.2, 0.25) is 0 Å². The van der Waals surface area contributed by atoms with Gasteiger partial charge in [0.25, 0.3) is 5.91 Å². The lowest BCUT2D eigenvalue weighted by Crippen LogP contribution is -2.34. The van der Waals surface area contributed by atoms with Crippen molar-refractivity contribution in [3.05, 3.63) is 54.1 Å². The van der Waals surface area contributed by atoms with E-state index in [0.29, 0.717) is 17.9 Å². The Kier molecular flexibility index (Phi) is 7.22. The van der Waals surface area contributed by atoms with Gasteiger partial charge < -0.3 is 14.8 Å². The zero-order valence-electron chi connectivity index (χ0n) is 14.4. The quantitative estimate of drug-likeness (QED) is 0.579. The van der Waals surface area contributed by atoms with E-state index in [-0.39, 0.29) is 11.0 Å². The van der Waals surface area contributed by atoms with Crippen LogP contribution in [0.1, 0.15) is 30.1 Å². The molecule has 0 unspecified atom stereocenters. The molecule has 2 aromatic carbocycles. The number of hydrogen-bond donors (Lipinski definition) is 2. The monoisotopic (exact) mass is 358 g/mol. The van der Waals surface area contributed by atoms with Gasteiger partial charge in [0.05, 0.1) is 13.7 Å². The van der Waals surface area contributed by atoms with Crippen LogP contribution in [0.4, 0.5) is 5.69 Å². The zero-order chi connectivity index (χ0) is 18.1. The van der Waals surface area contributed by atoms with E-state index >= 15 is 0 Å². The fraction of sp³-hybridized carbons (Fsp3) is 0.263. The Labute approximate surface area is 153 Å². The van der Waals surface area contributed by atoms with E-state index in [9.17, 15) is 4.79 Å². The molecule has 0 aliphatic rings. The molecular weight excluding hydrogens is 336 g/mol. The number of anilines is 1. The Hall–Kier alpha value is -2.60. The first kappa shape index (κ1) is 18.7. The van der Waals surface area contributed by atoms with Gasteiger partial charge in [-0.15, -0.1) is 0 Å². The molecule has 2 N–H and O–H groups in total. The average molecular weight is 358 g/mol. The second-order valence-electron chi connectivity index (χ2n) is 5.37. The number of amides is 1. The lowest BCUT2D eigenvalue weighted by molar-refractivity contribution is 0.0977. The van der Waals surface area contributed by atoms with Crippen molar-refractivity contribution in [2.45, 2.75) is 19.8 Å². The van der Waals surface area contributed by atoms with Gasteiger partial charge >= 0.3 is 0 Å². The molecule has 0 atom stereocenters. The van der Waals surface area contributed by atoms with Crippen LogP contribution in [0.25, 0.3) is 0 Å². The summed E-state index contributed by atoms with van der Waals surface area (Å²) in [6.07, 6.45) is 2.09. The van der Waals surface area contributed by atoms with E-state index in [0.717, 1.165) is 24.3 Å². The Balaban J connectivity index is 1.90. The van der Waals surface area contributed by atoms with Crippen molar-refractivity contribution in [1.82, 2.24) is 5.32 Å². The molecule has 0 spiro atoms. The molecule has 0 saturated heterocycles. The number of ether oxygens (including phenoxy) is 2. The normalized spacial score (nSPS) is 10.0. The van der Waals surface area contributed by atoms with Gasteiger partial charge in [0.1, 0.15) is 11.5 Å². The number of nitrogens with one attached hydrogen (secondary N) is 2. The van der Waals surface area contributed by atoms with Crippen molar-refractivity contribution >= 4 is 28.9 Å². The average Bonchev–Trinajstić information content (AvgIpc) is 2.62. The molecule has 25 heavy (non-hydrogen) atoms. The first-order chi connectivity index (χ1) is 12.1. The number of thiocarbonyl (C=S) groups is 1. The van der Waals surface area contributed by atoms with E-state index in [1.807, 2.05) is 24.3 Å². The van der Waals surface area contributed by atoms with E-state index in [1.165, 1.54) is 0 Å². The van der Waals surface area contributed by atoms with Gasteiger partial charge in [-0.25, -0.2) is 0 Å². The van der Waals surface area contributed by atoms with Crippen molar-refractivity contribution in [2.75, 3.05) is 19.0 Å². The number of carbonyl (C=O) groups excluding carboxylic acids is 1. The number of methoxy groups -OCH3 is 1. The molecule has 0 saturated carbocycles. The summed E-state index contributed by atoms with van der Waals surface area (Å²) < 4.78 is 10.7. The maximum Gasteiger partial charge on any atom is 0.257 e. The van der Waals surface area contributed by atoms with Crippen molar-refractivity contribution in [1.29, 1.82) is 0 Å². The molecule has 0 fully saturated rings. The topological polar surface area (TPSA) is 59.6 Å². The van der Waals surface area contributed by atoms with Crippen molar-refractivity contribution in [3.63, 3.8) is 0 Å². The third-order valence-corrected chi connectivity index (χ3v) is 3.64. The SMILES string of the molecule is CCCCOc1cccc(NC(=S)NC(=O)c2ccc(OC)cc2)c1. The van der Waals surface area contributed by atoms with Crippen LogP contribution in [-0.4, -0.2) is 24.7 Å². The van der Waals surface area contributed by atoms with Crippen LogP contribution in [0.5, 0.6) is 11.5 Å². The smallest absolute Gasteiger partial charge is 0.257 e. The largest absolute Gasteiger partial charge is 0.497 e. The Morgan fingerprint density at radius 3 is 2.56 bits per heavy atom. The maximum atomic E-state index is 12.2. The summed E-state index contributed by atoms with van der Waals surface area (Å²) in [5.74, 6) is 1.18. The number of carbonyl (C=O) groups is 1. The minimum absolute atomic E-state index is 0.228. The predicted octanol–water partition coefficient (Wildman–Crippen LogP) is 4.00. The predicted molar refractivity (Wildman–Crippen MR) is 104 cm³/mol. The number of unbranched alkanes of at least 4 members (excludes halogenated alkanes) is 1. The van der Waals surface area contributed by atoms with Crippen LogP contribution in [0.15, 0.2) is 48.5 Å². The van der Waals surface area contributed by atoms with Crippen molar-refractivity contribution in [2.24, 2.45) is 0 Å². The number of benzene rings is 2. The van der Waals surface area contributed by atoms with Crippen molar-refractivity contribution < 1.29 is 14.3 Å². The fourth-order valence-electron chi connectivity index (χ4n) is 2.08. The lowest BCUT2D eigenvalue weighted by Gasteiger charge is -2.11. The van der Waals surface area contributed by atoms with Gasteiger partial charge in [0, 0.05) is 17.3 Å². The van der Waals surface area contributed by atoms with Crippen LogP contribution < -0.4 is 20.1 Å². The summed E-state index contributed by atoms with van der Waals surface area (Å²) in [6, 6.07) is 14.3. The van der Waals surface area contributed by atoms with Crippen LogP contribution >= 0.6 is 12.2 Å². The second kappa shape index (κ2) is 9.64. The summed E-state index contributed by atoms with van der Waals surface area (Å²) >= 11 is 5.20. The second-order valence-corrected chi connectivity index (χ2v) is 5.77. The Morgan fingerprint density at radius 2 is 1.88 bits per heavy atom. The van der Waals surface area contributed by atoms with Crippen LogP contribution in [0.2, 0.25) is 0 Å². The number of rotatable bonds is 7. The van der Waals surface area contributed by atoms with Crippen LogP contribution in [0.3, 0.4) is 0 Å². The summed E-state index contributed by atoms with van der Waals surface area (Å²) in [7, 11) is 1.58. The van der Waals surface area contributed by atoms with Crippen LogP contribution in [0, 0.1) is 0 Å². The van der Waals surface area contributed by atoms with Gasteiger partial charge in [-0.1, -0.05) is 19.4 Å². The minimum atomic E-state index is -0.282. The molecule has 6 heteroatoms. The van der Waals surface area contributed by atoms with Crippen molar-refractivity contribution in [3.8, 4) is 11.5 Å². The summed E-state index contributed by atoms with van der Waals surface area (Å²) in [5.41, 5.74) is 1.26. The maximum absolute atomic E-state index is 12.2. The highest BCUT2D eigenvalue weighted by molar-refractivity contribution is 7.80. The molecule has 0 radical (unpaired) electrons. The molecule has 2 aromatic rings. The fourth-order valence-corrected chi connectivity index (χ4v) is 2.29. The third-order valence-electron chi connectivity index (χ3n) is 3.44. The van der Waals surface area contributed by atoms with Crippen LogP contribution in [-0.2, 0) is 0 Å². The molecule has 0 bridgehead atoms. The highest BCUT2D eigenvalue weighted by Crippen LogP contribution is 2.18. The molecule has 0 heterocycles. The standard InChI is InChI=1S/C19H22N2O3S/c1-3-4-12-24-17-7-5-6-15(13-17)20-19(25)21-18(22)14-8-10-16(23-2)11-9-14/h5-11,13H,3-4,12H2,1-2H3,(H2,20,21,22,25). The lowest BCUT2D eigenvalue weighted by atomic mass is 10.2. The zero-order valence-corrected chi connectivity index (χ0v) is 15.2. The molecule has 132 valence electrons. The van der Waals surface area contributed by atoms with E-state index in [4.69, 9.17) is 21.7 Å². The summed E-state index contributed by atoms with van der Waals surface area (Å²) in [5, 5.41) is 5.87. The molecule has 1 amide bonds. The number of hydrogen-bond acceptors (Lipinski definition) is 4. The molecule has 5 nitrogen and oxygen atoms in total. The first-order valence-electron chi connectivity index (χ1n) is 8.11. The van der Waals surface area contributed by atoms with E-state index in [1.54, 1.807) is 31.4 Å².